The fourth-order valence-electron chi connectivity index (χ4n) is 4.53. The maximum atomic E-state index is 13.1. The summed E-state index contributed by atoms with van der Waals surface area (Å²) in [7, 11) is 0. The Kier molecular flexibility index (Phi) is 8.78. The summed E-state index contributed by atoms with van der Waals surface area (Å²) >= 11 is 0. The van der Waals surface area contributed by atoms with E-state index in [1.165, 1.54) is 0 Å². The number of hydrogen-bond donors (Lipinski definition) is 5. The molecule has 0 spiro atoms. The molecule has 1 saturated heterocycles. The quantitative estimate of drug-likeness (QED) is 0.267. The molecular weight excluding hydrogens is 492 g/mol. The largest absolute Gasteiger partial charge is 0.479 e. The zero-order valence-corrected chi connectivity index (χ0v) is 21.5. The van der Waals surface area contributed by atoms with Crippen LogP contribution in [0.1, 0.15) is 50.7 Å². The SMILES string of the molecule is CCCCc1ccc(O[C@@H]2OC(C(=O)O)[C@@H](O)C(O)C2O)c(-c2nc3ccc(CCCC)cc3c(=O)[nH]2)c1. The van der Waals surface area contributed by atoms with Crippen molar-refractivity contribution in [3.8, 4) is 17.1 Å². The van der Waals surface area contributed by atoms with Crippen LogP contribution < -0.4 is 10.3 Å². The number of carbonyl (C=O) groups is 1. The fourth-order valence-corrected chi connectivity index (χ4v) is 4.53. The van der Waals surface area contributed by atoms with Gasteiger partial charge in [-0.1, -0.05) is 38.8 Å². The number of nitrogens with zero attached hydrogens (tertiary/aromatic N) is 1. The van der Waals surface area contributed by atoms with E-state index in [2.05, 4.69) is 23.8 Å². The lowest BCUT2D eigenvalue weighted by molar-refractivity contribution is -0.271. The molecule has 1 aliphatic rings. The van der Waals surface area contributed by atoms with Crippen LogP contribution in [0.2, 0.25) is 0 Å². The Hall–Kier alpha value is -3.31. The number of rotatable bonds is 10. The van der Waals surface area contributed by atoms with E-state index in [0.29, 0.717) is 16.5 Å². The number of carboxylic acids is 1. The Balaban J connectivity index is 1.74. The molecule has 2 aromatic carbocycles. The number of unbranched alkanes of at least 4 members (excludes halogenated alkanes) is 2. The number of benzene rings is 2. The summed E-state index contributed by atoms with van der Waals surface area (Å²) in [6, 6.07) is 10.9. The van der Waals surface area contributed by atoms with Crippen LogP contribution in [-0.4, -0.2) is 67.1 Å². The predicted molar refractivity (Wildman–Crippen MR) is 140 cm³/mol. The van der Waals surface area contributed by atoms with E-state index in [-0.39, 0.29) is 17.1 Å². The van der Waals surface area contributed by atoms with E-state index >= 15 is 0 Å². The van der Waals surface area contributed by atoms with E-state index in [4.69, 9.17) is 9.47 Å². The van der Waals surface area contributed by atoms with Crippen LogP contribution in [-0.2, 0) is 22.4 Å². The van der Waals surface area contributed by atoms with Gasteiger partial charge >= 0.3 is 5.97 Å². The Morgan fingerprint density at radius 3 is 2.29 bits per heavy atom. The molecule has 1 aliphatic heterocycles. The standard InChI is InChI=1S/C28H34N2O8/c1-3-5-7-15-9-11-19-17(13-15)26(34)30-25(29-19)18-14-16(8-6-4-2)10-12-20(18)37-28-23(33)21(31)22(32)24(38-28)27(35)36/h9-14,21-24,28,31-33H,3-8H2,1-2H3,(H,35,36)(H,29,30,34)/t21?,22-,23?,24?,28+/m0/s1. The minimum Gasteiger partial charge on any atom is -0.479 e. The van der Waals surface area contributed by atoms with Gasteiger partial charge in [0.2, 0.25) is 6.29 Å². The smallest absolute Gasteiger partial charge is 0.335 e. The molecule has 5 atom stereocenters. The minimum absolute atomic E-state index is 0.157. The second-order valence-electron chi connectivity index (χ2n) is 9.66. The second kappa shape index (κ2) is 12.0. The number of carboxylic acid groups (broad SMARTS) is 1. The van der Waals surface area contributed by atoms with E-state index in [0.717, 1.165) is 49.7 Å². The minimum atomic E-state index is -1.83. The van der Waals surface area contributed by atoms with Crippen LogP contribution in [0.5, 0.6) is 5.75 Å². The van der Waals surface area contributed by atoms with Gasteiger partial charge in [0.15, 0.2) is 6.10 Å². The second-order valence-corrected chi connectivity index (χ2v) is 9.66. The summed E-state index contributed by atoms with van der Waals surface area (Å²) in [4.78, 5) is 32.1. The Bertz CT molecular complexity index is 1340. The number of nitrogens with one attached hydrogen (secondary N) is 1. The van der Waals surface area contributed by atoms with E-state index < -0.39 is 36.7 Å². The molecule has 204 valence electrons. The zero-order valence-electron chi connectivity index (χ0n) is 21.5. The summed E-state index contributed by atoms with van der Waals surface area (Å²) in [6.07, 6.45) is -3.12. The van der Waals surface area contributed by atoms with Crippen molar-refractivity contribution < 1.29 is 34.7 Å². The normalized spacial score (nSPS) is 23.4. The van der Waals surface area contributed by atoms with E-state index in [1.807, 2.05) is 30.3 Å². The number of ether oxygens (including phenoxy) is 2. The number of hydrogen-bond acceptors (Lipinski definition) is 8. The Morgan fingerprint density at radius 1 is 0.974 bits per heavy atom. The number of aryl methyl sites for hydroxylation is 2. The number of aromatic amines is 1. The lowest BCUT2D eigenvalue weighted by atomic mass is 9.99. The summed E-state index contributed by atoms with van der Waals surface area (Å²) in [5, 5.41) is 40.5. The van der Waals surface area contributed by atoms with Crippen molar-refractivity contribution in [2.45, 2.75) is 83.1 Å². The van der Waals surface area contributed by atoms with Crippen molar-refractivity contribution in [2.24, 2.45) is 0 Å². The molecule has 1 aromatic heterocycles. The highest BCUT2D eigenvalue weighted by Gasteiger charge is 2.48. The van der Waals surface area contributed by atoms with Crippen molar-refractivity contribution in [3.63, 3.8) is 0 Å². The molecule has 3 unspecified atom stereocenters. The topological polar surface area (TPSA) is 162 Å². The van der Waals surface area contributed by atoms with Crippen molar-refractivity contribution in [1.29, 1.82) is 0 Å². The summed E-state index contributed by atoms with van der Waals surface area (Å²) in [5.41, 5.74) is 2.63. The van der Waals surface area contributed by atoms with Gasteiger partial charge in [-0.25, -0.2) is 9.78 Å². The van der Waals surface area contributed by atoms with Gasteiger partial charge in [0.1, 0.15) is 29.9 Å². The van der Waals surface area contributed by atoms with Crippen molar-refractivity contribution in [3.05, 3.63) is 57.9 Å². The first-order valence-corrected chi connectivity index (χ1v) is 13.0. The van der Waals surface area contributed by atoms with Crippen LogP contribution in [0.25, 0.3) is 22.3 Å². The molecule has 0 bridgehead atoms. The lowest BCUT2D eigenvalue weighted by Crippen LogP contribution is -2.61. The number of aliphatic hydroxyl groups excluding tert-OH is 3. The lowest BCUT2D eigenvalue weighted by Gasteiger charge is -2.38. The van der Waals surface area contributed by atoms with Gasteiger partial charge < -0.3 is 34.9 Å². The van der Waals surface area contributed by atoms with Gasteiger partial charge in [-0.15, -0.1) is 0 Å². The van der Waals surface area contributed by atoms with Crippen LogP contribution in [0.15, 0.2) is 41.2 Å². The van der Waals surface area contributed by atoms with Crippen LogP contribution in [0.4, 0.5) is 0 Å². The molecule has 0 radical (unpaired) electrons. The van der Waals surface area contributed by atoms with E-state index in [9.17, 15) is 30.0 Å². The molecule has 10 heteroatoms. The molecule has 3 aromatic rings. The maximum absolute atomic E-state index is 13.1. The monoisotopic (exact) mass is 526 g/mol. The highest BCUT2D eigenvalue weighted by Crippen LogP contribution is 2.33. The van der Waals surface area contributed by atoms with Gasteiger partial charge in [0, 0.05) is 0 Å². The molecule has 10 nitrogen and oxygen atoms in total. The maximum Gasteiger partial charge on any atom is 0.335 e. The molecule has 0 saturated carbocycles. The summed E-state index contributed by atoms with van der Waals surface area (Å²) < 4.78 is 11.2. The molecular formula is C28H34N2O8. The number of aromatic nitrogens is 2. The number of aliphatic carboxylic acids is 1. The van der Waals surface area contributed by atoms with Gasteiger partial charge in [0.25, 0.3) is 5.56 Å². The molecule has 0 amide bonds. The zero-order chi connectivity index (χ0) is 27.4. The molecule has 2 heterocycles. The van der Waals surface area contributed by atoms with Crippen molar-refractivity contribution in [1.82, 2.24) is 9.97 Å². The number of aliphatic hydroxyl groups is 3. The first-order valence-electron chi connectivity index (χ1n) is 13.0. The van der Waals surface area contributed by atoms with Crippen molar-refractivity contribution >= 4 is 16.9 Å². The Labute approximate surface area is 219 Å². The predicted octanol–water partition coefficient (Wildman–Crippen LogP) is 2.55. The summed E-state index contributed by atoms with van der Waals surface area (Å²) in [5.74, 6) is -1.12. The summed E-state index contributed by atoms with van der Waals surface area (Å²) in [6.45, 7) is 4.19. The highest BCUT2D eigenvalue weighted by molar-refractivity contribution is 5.81. The third kappa shape index (κ3) is 5.88. The van der Waals surface area contributed by atoms with Gasteiger partial charge in [-0.2, -0.15) is 0 Å². The first kappa shape index (κ1) is 27.7. The third-order valence-corrected chi connectivity index (χ3v) is 6.76. The van der Waals surface area contributed by atoms with Gasteiger partial charge in [-0.05, 0) is 61.1 Å². The molecule has 5 N–H and O–H groups in total. The van der Waals surface area contributed by atoms with Crippen molar-refractivity contribution in [2.75, 3.05) is 0 Å². The average Bonchev–Trinajstić information content (AvgIpc) is 2.91. The molecule has 38 heavy (non-hydrogen) atoms. The third-order valence-electron chi connectivity index (χ3n) is 6.76. The molecule has 4 rings (SSSR count). The average molecular weight is 527 g/mol. The van der Waals surface area contributed by atoms with Gasteiger partial charge in [0.05, 0.1) is 16.5 Å². The molecule has 1 fully saturated rings. The van der Waals surface area contributed by atoms with Crippen LogP contribution >= 0.6 is 0 Å². The Morgan fingerprint density at radius 2 is 1.63 bits per heavy atom. The molecule has 0 aliphatic carbocycles. The van der Waals surface area contributed by atoms with E-state index in [1.54, 1.807) is 6.07 Å². The number of fused-ring (bicyclic) bond motifs is 1. The highest BCUT2D eigenvalue weighted by atomic mass is 16.7. The fraction of sp³-hybridized carbons (Fsp3) is 0.464. The van der Waals surface area contributed by atoms with Crippen LogP contribution in [0.3, 0.4) is 0 Å². The first-order chi connectivity index (χ1) is 18.2. The van der Waals surface area contributed by atoms with Crippen LogP contribution in [0, 0.1) is 0 Å². The number of H-pyrrole nitrogens is 1. The van der Waals surface area contributed by atoms with Gasteiger partial charge in [-0.3, -0.25) is 4.79 Å².